The Kier molecular flexibility index (Phi) is 5.77. The number of benzene rings is 1. The van der Waals surface area contributed by atoms with Gasteiger partial charge in [-0.25, -0.2) is 8.42 Å². The highest BCUT2D eigenvalue weighted by Gasteiger charge is 2.29. The maximum absolute atomic E-state index is 12.6. The summed E-state index contributed by atoms with van der Waals surface area (Å²) >= 11 is 0. The molecule has 0 fully saturated rings. The lowest BCUT2D eigenvalue weighted by Crippen LogP contribution is -2.41. The quantitative estimate of drug-likeness (QED) is 0.727. The van der Waals surface area contributed by atoms with Gasteiger partial charge in [-0.3, -0.25) is 0 Å². The van der Waals surface area contributed by atoms with Crippen molar-refractivity contribution < 1.29 is 13.2 Å². The van der Waals surface area contributed by atoms with E-state index in [9.17, 15) is 8.42 Å². The summed E-state index contributed by atoms with van der Waals surface area (Å²) in [4.78, 5) is 0.283. The summed E-state index contributed by atoms with van der Waals surface area (Å²) in [6, 6.07) is 6.30. The third kappa shape index (κ3) is 3.84. The Morgan fingerprint density at radius 3 is 2.05 bits per heavy atom. The largest absolute Gasteiger partial charge is 0.490 e. The second-order valence-corrected chi connectivity index (χ2v) is 6.94. The first kappa shape index (κ1) is 16.7. The van der Waals surface area contributed by atoms with Gasteiger partial charge in [-0.1, -0.05) is 12.7 Å². The average Bonchev–Trinajstić information content (AvgIpc) is 2.35. The highest BCUT2D eigenvalue weighted by atomic mass is 32.2. The summed E-state index contributed by atoms with van der Waals surface area (Å²) in [5, 5.41) is 0. The number of ether oxygens (including phenoxy) is 1. The Morgan fingerprint density at radius 2 is 1.65 bits per heavy atom. The zero-order valence-electron chi connectivity index (χ0n) is 12.5. The molecule has 5 heteroatoms. The number of sulfonamides is 1. The first-order valence-corrected chi connectivity index (χ1v) is 8.12. The van der Waals surface area contributed by atoms with E-state index in [1.807, 2.05) is 27.7 Å². The zero-order valence-corrected chi connectivity index (χ0v) is 13.4. The molecule has 1 aromatic carbocycles. The molecule has 4 nitrogen and oxygen atoms in total. The van der Waals surface area contributed by atoms with Crippen LogP contribution >= 0.6 is 0 Å². The van der Waals surface area contributed by atoms with Gasteiger partial charge in [0.05, 0.1) is 4.90 Å². The van der Waals surface area contributed by atoms with Gasteiger partial charge in [-0.15, -0.1) is 0 Å². The molecule has 0 amide bonds. The van der Waals surface area contributed by atoms with Crippen molar-refractivity contribution in [2.24, 2.45) is 0 Å². The molecule has 1 aromatic rings. The van der Waals surface area contributed by atoms with Crippen molar-refractivity contribution in [2.75, 3.05) is 6.61 Å². The van der Waals surface area contributed by atoms with Gasteiger partial charge in [0.25, 0.3) is 0 Å². The summed E-state index contributed by atoms with van der Waals surface area (Å²) in [5.41, 5.74) is 0. The van der Waals surface area contributed by atoms with Crippen LogP contribution in [0.4, 0.5) is 0 Å². The van der Waals surface area contributed by atoms with Gasteiger partial charge in [0, 0.05) is 12.1 Å². The highest BCUT2D eigenvalue weighted by Crippen LogP contribution is 2.23. The first-order chi connectivity index (χ1) is 9.30. The fourth-order valence-corrected chi connectivity index (χ4v) is 3.97. The highest BCUT2D eigenvalue weighted by molar-refractivity contribution is 7.89. The van der Waals surface area contributed by atoms with E-state index in [1.54, 1.807) is 30.3 Å². The molecule has 0 spiro atoms. The Balaban J connectivity index is 3.06. The monoisotopic (exact) mass is 297 g/mol. The van der Waals surface area contributed by atoms with Gasteiger partial charge < -0.3 is 4.74 Å². The Labute approximate surface area is 122 Å². The fourth-order valence-electron chi connectivity index (χ4n) is 2.14. The molecule has 0 aliphatic carbocycles. The van der Waals surface area contributed by atoms with E-state index < -0.39 is 10.0 Å². The number of rotatable bonds is 7. The van der Waals surface area contributed by atoms with E-state index in [0.717, 1.165) is 0 Å². The first-order valence-electron chi connectivity index (χ1n) is 6.68. The minimum atomic E-state index is -3.48. The topological polar surface area (TPSA) is 46.6 Å². The molecule has 0 bridgehead atoms. The molecule has 20 heavy (non-hydrogen) atoms. The molecule has 1 rings (SSSR count). The summed E-state index contributed by atoms with van der Waals surface area (Å²) in [7, 11) is -3.48. The van der Waals surface area contributed by atoms with Crippen LogP contribution in [-0.2, 0) is 10.0 Å². The van der Waals surface area contributed by atoms with Gasteiger partial charge in [0.2, 0.25) is 10.0 Å². The Morgan fingerprint density at radius 1 is 1.15 bits per heavy atom. The molecule has 0 aliphatic rings. The number of hydrogen-bond acceptors (Lipinski definition) is 3. The third-order valence-electron chi connectivity index (χ3n) is 2.78. The Bertz CT molecular complexity index is 525. The summed E-state index contributed by atoms with van der Waals surface area (Å²) in [6.07, 6.45) is 1.64. The molecular formula is C15H23NO3S. The summed E-state index contributed by atoms with van der Waals surface area (Å²) < 4.78 is 32.1. The predicted octanol–water partition coefficient (Wildman–Crippen LogP) is 3.06. The van der Waals surface area contributed by atoms with Crippen LogP contribution in [0.3, 0.4) is 0 Å². The van der Waals surface area contributed by atoms with Gasteiger partial charge in [0.1, 0.15) is 12.4 Å². The molecule has 0 aromatic heterocycles. The van der Waals surface area contributed by atoms with Crippen LogP contribution < -0.4 is 4.74 Å². The second-order valence-electron chi connectivity index (χ2n) is 5.09. The predicted molar refractivity (Wildman–Crippen MR) is 81.4 cm³/mol. The molecule has 0 saturated heterocycles. The van der Waals surface area contributed by atoms with Crippen molar-refractivity contribution in [2.45, 2.75) is 44.7 Å². The third-order valence-corrected chi connectivity index (χ3v) is 5.05. The minimum Gasteiger partial charge on any atom is -0.490 e. The average molecular weight is 297 g/mol. The van der Waals surface area contributed by atoms with Gasteiger partial charge in [-0.05, 0) is 52.0 Å². The smallest absolute Gasteiger partial charge is 0.243 e. The lowest BCUT2D eigenvalue weighted by Gasteiger charge is -2.29. The van der Waals surface area contributed by atoms with Crippen molar-refractivity contribution in [3.63, 3.8) is 0 Å². The van der Waals surface area contributed by atoms with Gasteiger partial charge in [0.15, 0.2) is 0 Å². The second kappa shape index (κ2) is 6.90. The van der Waals surface area contributed by atoms with Crippen LogP contribution in [0.15, 0.2) is 41.8 Å². The maximum atomic E-state index is 12.6. The van der Waals surface area contributed by atoms with Crippen molar-refractivity contribution in [3.05, 3.63) is 36.9 Å². The summed E-state index contributed by atoms with van der Waals surface area (Å²) in [5.74, 6) is 0.629. The van der Waals surface area contributed by atoms with Crippen molar-refractivity contribution in [3.8, 4) is 5.75 Å². The SMILES string of the molecule is C=CCOc1ccc(S(=O)(=O)N(C(C)C)C(C)C)cc1. The van der Waals surface area contributed by atoms with Gasteiger partial charge in [-0.2, -0.15) is 4.31 Å². The van der Waals surface area contributed by atoms with Crippen LogP contribution in [0, 0.1) is 0 Å². The van der Waals surface area contributed by atoms with E-state index in [2.05, 4.69) is 6.58 Å². The number of nitrogens with zero attached hydrogens (tertiary/aromatic N) is 1. The lowest BCUT2D eigenvalue weighted by atomic mass is 10.3. The maximum Gasteiger partial charge on any atom is 0.243 e. The molecule has 0 saturated carbocycles. The molecule has 112 valence electrons. The van der Waals surface area contributed by atoms with Crippen molar-refractivity contribution >= 4 is 10.0 Å². The van der Waals surface area contributed by atoms with E-state index in [1.165, 1.54) is 4.31 Å². The molecule has 0 unspecified atom stereocenters. The molecule has 0 atom stereocenters. The van der Waals surface area contributed by atoms with E-state index >= 15 is 0 Å². The molecular weight excluding hydrogens is 274 g/mol. The van der Waals surface area contributed by atoms with Gasteiger partial charge >= 0.3 is 0 Å². The number of hydrogen-bond donors (Lipinski definition) is 0. The normalized spacial score (nSPS) is 12.2. The minimum absolute atomic E-state index is 0.0864. The van der Waals surface area contributed by atoms with Crippen molar-refractivity contribution in [1.82, 2.24) is 4.31 Å². The van der Waals surface area contributed by atoms with Crippen molar-refractivity contribution in [1.29, 1.82) is 0 Å². The summed E-state index contributed by atoms with van der Waals surface area (Å²) in [6.45, 7) is 11.5. The van der Waals surface area contributed by atoms with Crippen LogP contribution in [0.25, 0.3) is 0 Å². The van der Waals surface area contributed by atoms with Crippen LogP contribution in [0.1, 0.15) is 27.7 Å². The Hall–Kier alpha value is -1.33. The molecule has 0 radical (unpaired) electrons. The molecule has 0 N–H and O–H groups in total. The fraction of sp³-hybridized carbons (Fsp3) is 0.467. The molecule has 0 heterocycles. The lowest BCUT2D eigenvalue weighted by molar-refractivity contribution is 0.302. The standard InChI is InChI=1S/C15H23NO3S/c1-6-11-19-14-7-9-15(10-8-14)20(17,18)16(12(2)3)13(4)5/h6-10,12-13H,1,11H2,2-5H3. The van der Waals surface area contributed by atoms with Crippen LogP contribution in [0.5, 0.6) is 5.75 Å². The van der Waals surface area contributed by atoms with E-state index in [4.69, 9.17) is 4.74 Å². The van der Waals surface area contributed by atoms with Crippen LogP contribution in [0.2, 0.25) is 0 Å². The zero-order chi connectivity index (χ0) is 15.3. The molecule has 0 aliphatic heterocycles. The van der Waals surface area contributed by atoms with E-state index in [0.29, 0.717) is 12.4 Å². The van der Waals surface area contributed by atoms with Crippen LogP contribution in [-0.4, -0.2) is 31.4 Å². The van der Waals surface area contributed by atoms with E-state index in [-0.39, 0.29) is 17.0 Å².